The highest BCUT2D eigenvalue weighted by Crippen LogP contribution is 2.50. The Morgan fingerprint density at radius 1 is 1.23 bits per heavy atom. The molecular weight excluding hydrogens is 469 g/mol. The molecule has 0 saturated carbocycles. The average Bonchev–Trinajstić information content (AvgIpc) is 2.84. The van der Waals surface area contributed by atoms with Crippen molar-refractivity contribution in [3.63, 3.8) is 0 Å². The number of allylic oxidation sites excluding steroid dienone is 3. The second kappa shape index (κ2) is 8.10. The van der Waals surface area contributed by atoms with Crippen molar-refractivity contribution in [2.75, 3.05) is 18.9 Å². The van der Waals surface area contributed by atoms with Crippen molar-refractivity contribution in [1.82, 2.24) is 14.3 Å². The Kier molecular flexibility index (Phi) is 5.73. The number of hydrogen-bond donors (Lipinski definition) is 2. The van der Waals surface area contributed by atoms with Gasteiger partial charge in [-0.05, 0) is 45.1 Å². The maximum atomic E-state index is 15.5. The Bertz CT molecular complexity index is 1460. The first-order valence-electron chi connectivity index (χ1n) is 11.1. The van der Waals surface area contributed by atoms with Gasteiger partial charge in [-0.25, -0.2) is 22.1 Å². The van der Waals surface area contributed by atoms with E-state index in [-0.39, 0.29) is 18.8 Å². The third-order valence-electron chi connectivity index (χ3n) is 7.27. The molecular formula is C24H28FN7O2S. The lowest BCUT2D eigenvalue weighted by atomic mass is 9.66. The van der Waals surface area contributed by atoms with Gasteiger partial charge in [0.1, 0.15) is 28.0 Å². The summed E-state index contributed by atoms with van der Waals surface area (Å²) >= 11 is 0. The Morgan fingerprint density at radius 2 is 1.94 bits per heavy atom. The first kappa shape index (κ1) is 24.8. The van der Waals surface area contributed by atoms with E-state index < -0.39 is 31.6 Å². The largest absolute Gasteiger partial charge is 0.386 e. The zero-order valence-corrected chi connectivity index (χ0v) is 21.1. The summed E-state index contributed by atoms with van der Waals surface area (Å²) in [5.41, 5.74) is 5.47. The number of anilines is 1. The van der Waals surface area contributed by atoms with Crippen LogP contribution in [-0.4, -0.2) is 52.4 Å². The molecule has 9 nitrogen and oxygen atoms in total. The van der Waals surface area contributed by atoms with E-state index in [9.17, 15) is 8.42 Å². The number of nitrogens with zero attached hydrogens (tertiary/aromatic N) is 5. The zero-order valence-electron chi connectivity index (χ0n) is 20.3. The van der Waals surface area contributed by atoms with E-state index in [0.717, 1.165) is 5.39 Å². The molecule has 0 saturated heterocycles. The lowest BCUT2D eigenvalue weighted by Crippen LogP contribution is -2.52. The minimum absolute atomic E-state index is 0.0461. The minimum Gasteiger partial charge on any atom is -0.386 e. The van der Waals surface area contributed by atoms with Crippen LogP contribution in [0, 0.1) is 16.7 Å². The molecule has 0 amide bonds. The van der Waals surface area contributed by atoms with Gasteiger partial charge < -0.3 is 11.1 Å². The standard InChI is InChI=1S/C24H28FN7O2S/c1-22(2)21(27)31-24(4,14-32(5)35(22,33)34)23(3)11-17(6-7-18(23)25)30-20-19-16(8-9-28-20)10-15(12-26)13-29-19/h6-10,13H,11,14H2,1-5H3,(H2,27,31)(H,28,30)/t23?,24-/m0/s1. The topological polar surface area (TPSA) is 137 Å². The Morgan fingerprint density at radius 3 is 2.63 bits per heavy atom. The summed E-state index contributed by atoms with van der Waals surface area (Å²) < 4.78 is 41.5. The van der Waals surface area contributed by atoms with E-state index >= 15 is 4.39 Å². The van der Waals surface area contributed by atoms with Crippen LogP contribution in [0.25, 0.3) is 10.9 Å². The number of aromatic nitrogens is 2. The number of sulfonamides is 1. The van der Waals surface area contributed by atoms with Crippen molar-refractivity contribution in [3.05, 3.63) is 53.8 Å². The molecule has 184 valence electrons. The van der Waals surface area contributed by atoms with Gasteiger partial charge in [0.05, 0.1) is 16.5 Å². The van der Waals surface area contributed by atoms with Gasteiger partial charge in [0.25, 0.3) is 0 Å². The molecule has 2 aliphatic rings. The normalized spacial score (nSPS) is 28.3. The molecule has 1 unspecified atom stereocenters. The van der Waals surface area contributed by atoms with Crippen LogP contribution in [0.15, 0.2) is 53.2 Å². The summed E-state index contributed by atoms with van der Waals surface area (Å²) in [6.07, 6.45) is 6.24. The summed E-state index contributed by atoms with van der Waals surface area (Å²) in [4.78, 5) is 13.4. The first-order valence-corrected chi connectivity index (χ1v) is 12.5. The van der Waals surface area contributed by atoms with Gasteiger partial charge >= 0.3 is 0 Å². The van der Waals surface area contributed by atoms with E-state index in [4.69, 9.17) is 11.0 Å². The summed E-state index contributed by atoms with van der Waals surface area (Å²) in [6.45, 7) is 6.41. The number of halogens is 1. The molecule has 0 fully saturated rings. The van der Waals surface area contributed by atoms with E-state index in [2.05, 4.69) is 26.3 Å². The summed E-state index contributed by atoms with van der Waals surface area (Å²) in [6, 6.07) is 5.54. The van der Waals surface area contributed by atoms with Crippen molar-refractivity contribution in [3.8, 4) is 6.07 Å². The highest BCUT2D eigenvalue weighted by molar-refractivity contribution is 7.91. The molecule has 4 rings (SSSR count). The fraction of sp³-hybridized carbons (Fsp3) is 0.417. The van der Waals surface area contributed by atoms with Gasteiger partial charge in [0.15, 0.2) is 5.82 Å². The fourth-order valence-corrected chi connectivity index (χ4v) is 6.06. The molecule has 0 aromatic carbocycles. The molecule has 35 heavy (non-hydrogen) atoms. The summed E-state index contributed by atoms with van der Waals surface area (Å²) in [7, 11) is -2.34. The number of amidine groups is 1. The van der Waals surface area contributed by atoms with E-state index in [1.54, 1.807) is 38.3 Å². The van der Waals surface area contributed by atoms with Crippen LogP contribution in [-0.2, 0) is 10.0 Å². The third kappa shape index (κ3) is 3.77. The summed E-state index contributed by atoms with van der Waals surface area (Å²) in [5.74, 6) is -0.0166. The number of pyridine rings is 2. The van der Waals surface area contributed by atoms with Crippen molar-refractivity contribution in [1.29, 1.82) is 5.26 Å². The maximum absolute atomic E-state index is 15.5. The SMILES string of the molecule is CN1C[C@@](C)(C2(C)CC(Nc3nccc4cc(C#N)cnc34)=CC=C2F)N=C(N)C(C)(C)S1(=O)=O. The molecule has 2 aromatic rings. The molecule has 11 heteroatoms. The van der Waals surface area contributed by atoms with Gasteiger partial charge in [0.2, 0.25) is 10.0 Å². The van der Waals surface area contributed by atoms with E-state index in [1.165, 1.54) is 37.5 Å². The van der Waals surface area contributed by atoms with Crippen LogP contribution in [0.2, 0.25) is 0 Å². The van der Waals surface area contributed by atoms with Crippen LogP contribution in [0.1, 0.15) is 39.7 Å². The smallest absolute Gasteiger partial charge is 0.226 e. The highest BCUT2D eigenvalue weighted by Gasteiger charge is 2.55. The number of aliphatic imine (C=N–C) groups is 1. The quantitative estimate of drug-likeness (QED) is 0.664. The van der Waals surface area contributed by atoms with Crippen LogP contribution in [0.5, 0.6) is 0 Å². The maximum Gasteiger partial charge on any atom is 0.226 e. The zero-order chi connectivity index (χ0) is 25.8. The van der Waals surface area contributed by atoms with Crippen molar-refractivity contribution in [2.45, 2.75) is 44.4 Å². The minimum atomic E-state index is -3.81. The second-order valence-corrected chi connectivity index (χ2v) is 12.5. The molecule has 1 aliphatic heterocycles. The fourth-order valence-electron chi connectivity index (χ4n) is 4.55. The van der Waals surface area contributed by atoms with Crippen molar-refractivity contribution >= 4 is 32.6 Å². The van der Waals surface area contributed by atoms with Crippen LogP contribution in [0.3, 0.4) is 0 Å². The number of nitrogens with one attached hydrogen (secondary N) is 1. The highest BCUT2D eigenvalue weighted by atomic mass is 32.2. The monoisotopic (exact) mass is 497 g/mol. The number of likely N-dealkylation sites (N-methyl/N-ethyl adjacent to an activating group) is 1. The van der Waals surface area contributed by atoms with Gasteiger partial charge in [-0.15, -0.1) is 0 Å². The van der Waals surface area contributed by atoms with Crippen LogP contribution >= 0.6 is 0 Å². The lowest BCUT2D eigenvalue weighted by Gasteiger charge is -2.45. The van der Waals surface area contributed by atoms with Gasteiger partial charge in [-0.1, -0.05) is 6.92 Å². The van der Waals surface area contributed by atoms with Gasteiger partial charge in [-0.3, -0.25) is 9.98 Å². The first-order chi connectivity index (χ1) is 16.2. The molecule has 2 aromatic heterocycles. The molecule has 1 aliphatic carbocycles. The average molecular weight is 498 g/mol. The Balaban J connectivity index is 1.73. The predicted molar refractivity (Wildman–Crippen MR) is 134 cm³/mol. The third-order valence-corrected chi connectivity index (χ3v) is 9.72. The number of rotatable bonds is 3. The molecule has 3 N–H and O–H groups in total. The van der Waals surface area contributed by atoms with Crippen molar-refractivity contribution < 1.29 is 12.8 Å². The summed E-state index contributed by atoms with van der Waals surface area (Å²) in [5, 5.41) is 13.1. The number of fused-ring (bicyclic) bond motifs is 1. The Hall–Kier alpha value is -3.36. The Labute approximate surface area is 204 Å². The molecule has 0 radical (unpaired) electrons. The molecule has 3 heterocycles. The van der Waals surface area contributed by atoms with Gasteiger partial charge in [0, 0.05) is 43.5 Å². The number of nitriles is 1. The number of hydrogen-bond acceptors (Lipinski definition) is 8. The molecule has 0 spiro atoms. The second-order valence-electron chi connectivity index (χ2n) is 9.95. The lowest BCUT2D eigenvalue weighted by molar-refractivity contribution is 0.147. The number of nitrogens with two attached hydrogens (primary N) is 1. The van der Waals surface area contributed by atoms with Crippen LogP contribution in [0.4, 0.5) is 10.2 Å². The van der Waals surface area contributed by atoms with Gasteiger partial charge in [-0.2, -0.15) is 5.26 Å². The predicted octanol–water partition coefficient (Wildman–Crippen LogP) is 3.23. The van der Waals surface area contributed by atoms with Crippen molar-refractivity contribution in [2.24, 2.45) is 16.1 Å². The van der Waals surface area contributed by atoms with Crippen LogP contribution < -0.4 is 11.1 Å². The van der Waals surface area contributed by atoms with E-state index in [0.29, 0.717) is 22.6 Å². The molecule has 2 atom stereocenters. The van der Waals surface area contributed by atoms with E-state index in [1.807, 2.05) is 0 Å². The molecule has 0 bridgehead atoms.